The van der Waals surface area contributed by atoms with Gasteiger partial charge in [0.1, 0.15) is 0 Å². The molecule has 1 saturated heterocycles. The van der Waals surface area contributed by atoms with Gasteiger partial charge in [-0.3, -0.25) is 9.69 Å². The van der Waals surface area contributed by atoms with Crippen LogP contribution >= 0.6 is 0 Å². The van der Waals surface area contributed by atoms with Gasteiger partial charge >= 0.3 is 0 Å². The van der Waals surface area contributed by atoms with Gasteiger partial charge in [0.25, 0.3) is 5.91 Å². The van der Waals surface area contributed by atoms with Crippen molar-refractivity contribution in [2.75, 3.05) is 29.5 Å². The lowest BCUT2D eigenvalue weighted by molar-refractivity contribution is -0.110. The maximum absolute atomic E-state index is 12.3. The van der Waals surface area contributed by atoms with Crippen molar-refractivity contribution >= 4 is 28.5 Å². The van der Waals surface area contributed by atoms with Crippen LogP contribution in [0.3, 0.4) is 0 Å². The van der Waals surface area contributed by atoms with Crippen LogP contribution in [-0.2, 0) is 11.3 Å². The third-order valence-electron chi connectivity index (χ3n) is 5.26. The van der Waals surface area contributed by atoms with Crippen molar-refractivity contribution in [3.8, 4) is 0 Å². The average molecular weight is 374 g/mol. The molecule has 1 fully saturated rings. The number of rotatable bonds is 5. The number of benzene rings is 2. The molecule has 5 heteroatoms. The summed E-state index contributed by atoms with van der Waals surface area (Å²) >= 11 is 0. The minimum absolute atomic E-state index is 0.138. The smallest absolute Gasteiger partial charge is 0.256 e. The normalized spacial score (nSPS) is 18.0. The van der Waals surface area contributed by atoms with Gasteiger partial charge in [-0.1, -0.05) is 25.1 Å². The van der Waals surface area contributed by atoms with Crippen LogP contribution in [0.5, 0.6) is 0 Å². The highest BCUT2D eigenvalue weighted by Gasteiger charge is 2.24. The minimum Gasteiger partial charge on any atom is -0.399 e. The molecule has 2 aromatic rings. The molecule has 28 heavy (non-hydrogen) atoms. The zero-order valence-electron chi connectivity index (χ0n) is 16.0. The maximum atomic E-state index is 12.3. The van der Waals surface area contributed by atoms with E-state index < -0.39 is 0 Å². The molecule has 0 radical (unpaired) electrons. The molecule has 0 aromatic heterocycles. The van der Waals surface area contributed by atoms with E-state index >= 15 is 0 Å². The second kappa shape index (κ2) is 7.90. The van der Waals surface area contributed by atoms with Crippen LogP contribution in [0.25, 0.3) is 5.57 Å². The van der Waals surface area contributed by atoms with Crippen LogP contribution in [0.2, 0.25) is 0 Å². The van der Waals surface area contributed by atoms with E-state index in [0.717, 1.165) is 23.5 Å². The summed E-state index contributed by atoms with van der Waals surface area (Å²) in [6.07, 6.45) is 5.72. The Morgan fingerprint density at radius 1 is 1.14 bits per heavy atom. The predicted octanol–water partition coefficient (Wildman–Crippen LogP) is 4.22. The van der Waals surface area contributed by atoms with E-state index in [9.17, 15) is 4.79 Å². The molecule has 0 atom stereocenters. The molecule has 144 valence electrons. The number of amides is 1. The first-order valence-corrected chi connectivity index (χ1v) is 9.79. The summed E-state index contributed by atoms with van der Waals surface area (Å²) in [5, 5.41) is 6.12. The van der Waals surface area contributed by atoms with Crippen molar-refractivity contribution in [1.29, 1.82) is 0 Å². The number of nitrogen functional groups attached to an aromatic ring is 1. The monoisotopic (exact) mass is 374 g/mol. The number of carbonyl (C=O) groups is 1. The van der Waals surface area contributed by atoms with E-state index in [1.165, 1.54) is 37.9 Å². The Bertz CT molecular complexity index is 924. The largest absolute Gasteiger partial charge is 0.399 e. The van der Waals surface area contributed by atoms with Crippen LogP contribution in [0.1, 0.15) is 30.4 Å². The summed E-state index contributed by atoms with van der Waals surface area (Å²) in [6, 6.07) is 13.8. The molecule has 0 bridgehead atoms. The quantitative estimate of drug-likeness (QED) is 0.541. The Hall–Kier alpha value is -3.05. The first-order chi connectivity index (χ1) is 13.6. The zero-order chi connectivity index (χ0) is 19.5. The molecule has 2 aromatic carbocycles. The van der Waals surface area contributed by atoms with Crippen LogP contribution in [-0.4, -0.2) is 23.9 Å². The van der Waals surface area contributed by atoms with Gasteiger partial charge in [0.15, 0.2) is 0 Å². The number of anilines is 3. The van der Waals surface area contributed by atoms with Gasteiger partial charge in [0.2, 0.25) is 0 Å². The lowest BCUT2D eigenvalue weighted by atomic mass is 10.1. The Morgan fingerprint density at radius 2 is 1.89 bits per heavy atom. The number of carbonyl (C=O) groups excluding carboxylic acids is 1. The van der Waals surface area contributed by atoms with Gasteiger partial charge in [-0.2, -0.15) is 0 Å². The molecular weight excluding hydrogens is 348 g/mol. The molecule has 0 unspecified atom stereocenters. The molecule has 1 amide bonds. The molecule has 2 aliphatic heterocycles. The number of piperidine rings is 1. The number of nitrogens with zero attached hydrogens (tertiary/aromatic N) is 1. The number of nitrogens with two attached hydrogens (primary N) is 1. The highest BCUT2D eigenvalue weighted by Crippen LogP contribution is 2.33. The Morgan fingerprint density at radius 3 is 2.64 bits per heavy atom. The van der Waals surface area contributed by atoms with Gasteiger partial charge in [-0.05, 0) is 67.9 Å². The molecule has 5 nitrogen and oxygen atoms in total. The fourth-order valence-electron chi connectivity index (χ4n) is 3.81. The van der Waals surface area contributed by atoms with E-state index in [4.69, 9.17) is 5.73 Å². The third-order valence-corrected chi connectivity index (χ3v) is 5.26. The summed E-state index contributed by atoms with van der Waals surface area (Å²) in [5.41, 5.74) is 11.6. The number of nitrogens with one attached hydrogen (secondary N) is 2. The van der Waals surface area contributed by atoms with E-state index in [2.05, 4.69) is 46.4 Å². The van der Waals surface area contributed by atoms with Crippen molar-refractivity contribution in [2.45, 2.75) is 25.8 Å². The highest BCUT2D eigenvalue weighted by molar-refractivity contribution is 6.32. The molecular formula is C23H26N4O. The van der Waals surface area contributed by atoms with Crippen molar-refractivity contribution in [1.82, 2.24) is 4.90 Å². The number of likely N-dealkylation sites (tertiary alicyclic amines) is 1. The van der Waals surface area contributed by atoms with Gasteiger partial charge in [0, 0.05) is 34.9 Å². The number of allylic oxidation sites excluding steroid dienone is 1. The fraction of sp³-hybridized carbons (Fsp3) is 0.261. The van der Waals surface area contributed by atoms with Crippen LogP contribution < -0.4 is 16.4 Å². The van der Waals surface area contributed by atoms with Crippen LogP contribution in [0.4, 0.5) is 17.1 Å². The van der Waals surface area contributed by atoms with E-state index in [-0.39, 0.29) is 5.91 Å². The molecule has 4 N–H and O–H groups in total. The van der Waals surface area contributed by atoms with E-state index in [1.54, 1.807) is 12.1 Å². The molecule has 0 aliphatic carbocycles. The second-order valence-electron chi connectivity index (χ2n) is 7.50. The number of hydrogen-bond donors (Lipinski definition) is 3. The van der Waals surface area contributed by atoms with Crippen molar-refractivity contribution in [3.63, 3.8) is 0 Å². The van der Waals surface area contributed by atoms with Crippen molar-refractivity contribution in [2.24, 2.45) is 0 Å². The summed E-state index contributed by atoms with van der Waals surface area (Å²) in [6.45, 7) is 7.44. The fourth-order valence-corrected chi connectivity index (χ4v) is 3.81. The first kappa shape index (κ1) is 18.3. The van der Waals surface area contributed by atoms with Gasteiger partial charge in [-0.25, -0.2) is 0 Å². The topological polar surface area (TPSA) is 70.4 Å². The predicted molar refractivity (Wildman–Crippen MR) is 116 cm³/mol. The highest BCUT2D eigenvalue weighted by atomic mass is 16.2. The van der Waals surface area contributed by atoms with Gasteiger partial charge < -0.3 is 16.4 Å². The lowest BCUT2D eigenvalue weighted by Crippen LogP contribution is -2.29. The van der Waals surface area contributed by atoms with Crippen LogP contribution in [0.15, 0.2) is 60.8 Å². The van der Waals surface area contributed by atoms with E-state index in [1.807, 2.05) is 12.1 Å². The van der Waals surface area contributed by atoms with Crippen LogP contribution in [0, 0.1) is 0 Å². The summed E-state index contributed by atoms with van der Waals surface area (Å²) in [5.74, 6) is -0.138. The van der Waals surface area contributed by atoms with E-state index in [0.29, 0.717) is 17.0 Å². The molecule has 0 spiro atoms. The minimum atomic E-state index is -0.138. The Labute approximate surface area is 165 Å². The molecule has 0 saturated carbocycles. The summed E-state index contributed by atoms with van der Waals surface area (Å²) in [7, 11) is 0. The molecule has 2 heterocycles. The maximum Gasteiger partial charge on any atom is 0.256 e. The Kier molecular flexibility index (Phi) is 5.17. The van der Waals surface area contributed by atoms with Gasteiger partial charge in [-0.15, -0.1) is 0 Å². The number of fused-ring (bicyclic) bond motifs is 1. The SMILES string of the molecule is C=C(C=C1C(=O)Nc2ccc(N)cc21)Nc1ccc(CN2CCCCC2)cc1. The standard InChI is InChI=1S/C23H26N4O/c1-16(13-21-20-14-18(24)7-10-22(20)26-23(21)28)25-19-8-5-17(6-9-19)15-27-11-3-2-4-12-27/h5-10,13-14,25H,1-4,11-12,15,24H2,(H,26,28). The van der Waals surface area contributed by atoms with Gasteiger partial charge in [0.05, 0.1) is 5.57 Å². The second-order valence-corrected chi connectivity index (χ2v) is 7.50. The summed E-state index contributed by atoms with van der Waals surface area (Å²) < 4.78 is 0. The molecule has 4 rings (SSSR count). The average Bonchev–Trinajstić information content (AvgIpc) is 2.99. The third kappa shape index (κ3) is 4.10. The first-order valence-electron chi connectivity index (χ1n) is 9.79. The van der Waals surface area contributed by atoms with Crippen molar-refractivity contribution < 1.29 is 4.79 Å². The van der Waals surface area contributed by atoms with Crippen molar-refractivity contribution in [3.05, 3.63) is 71.9 Å². The zero-order valence-corrected chi connectivity index (χ0v) is 16.0. The summed E-state index contributed by atoms with van der Waals surface area (Å²) in [4.78, 5) is 14.8. The Balaban J connectivity index is 1.42. The number of hydrogen-bond acceptors (Lipinski definition) is 4. The molecule has 2 aliphatic rings. The lowest BCUT2D eigenvalue weighted by Gasteiger charge is -2.26.